The molecular formula is C18H20F3NO. The first kappa shape index (κ1) is 17.3. The highest BCUT2D eigenvalue weighted by atomic mass is 19.3. The molecule has 0 saturated heterocycles. The number of nitrogens with one attached hydrogen (secondary N) is 1. The van der Waals surface area contributed by atoms with Crippen LogP contribution >= 0.6 is 0 Å². The van der Waals surface area contributed by atoms with Gasteiger partial charge in [0.1, 0.15) is 5.82 Å². The monoisotopic (exact) mass is 323 g/mol. The maximum atomic E-state index is 13.9. The topological polar surface area (TPSA) is 21.3 Å². The minimum absolute atomic E-state index is 0.219. The SMILES string of the molecule is CC(C)(C)C(F)(F)OCc1ccc(F)c(Nc2ccccc2)c1. The summed E-state index contributed by atoms with van der Waals surface area (Å²) in [4.78, 5) is 0. The van der Waals surface area contributed by atoms with Crippen molar-refractivity contribution in [3.05, 3.63) is 59.9 Å². The molecule has 5 heteroatoms. The molecule has 124 valence electrons. The Labute approximate surface area is 134 Å². The van der Waals surface area contributed by atoms with Crippen LogP contribution in [0.15, 0.2) is 48.5 Å². The summed E-state index contributed by atoms with van der Waals surface area (Å²) in [5.41, 5.74) is 0.0904. The van der Waals surface area contributed by atoms with E-state index in [0.29, 0.717) is 11.3 Å². The molecule has 0 atom stereocenters. The van der Waals surface area contributed by atoms with Crippen LogP contribution in [0.5, 0.6) is 0 Å². The molecule has 2 aromatic carbocycles. The number of benzene rings is 2. The van der Waals surface area contributed by atoms with E-state index in [4.69, 9.17) is 4.74 Å². The van der Waals surface area contributed by atoms with E-state index < -0.39 is 17.3 Å². The lowest BCUT2D eigenvalue weighted by Crippen LogP contribution is -2.36. The van der Waals surface area contributed by atoms with Crippen molar-refractivity contribution in [1.82, 2.24) is 0 Å². The molecule has 0 spiro atoms. The van der Waals surface area contributed by atoms with Crippen molar-refractivity contribution in [2.75, 3.05) is 5.32 Å². The molecule has 0 aliphatic carbocycles. The van der Waals surface area contributed by atoms with Gasteiger partial charge in [0.2, 0.25) is 0 Å². The molecule has 0 aromatic heterocycles. The van der Waals surface area contributed by atoms with E-state index >= 15 is 0 Å². The van der Waals surface area contributed by atoms with Gasteiger partial charge in [-0.15, -0.1) is 0 Å². The Morgan fingerprint density at radius 3 is 2.26 bits per heavy atom. The summed E-state index contributed by atoms with van der Waals surface area (Å²) in [7, 11) is 0. The third kappa shape index (κ3) is 4.48. The summed E-state index contributed by atoms with van der Waals surface area (Å²) in [5.74, 6) is -0.458. The first-order valence-corrected chi connectivity index (χ1v) is 7.31. The zero-order chi connectivity index (χ0) is 17.1. The Kier molecular flexibility index (Phi) is 5.00. The van der Waals surface area contributed by atoms with Crippen LogP contribution in [0, 0.1) is 11.2 Å². The van der Waals surface area contributed by atoms with Gasteiger partial charge in [0.05, 0.1) is 17.7 Å². The molecule has 2 aromatic rings. The van der Waals surface area contributed by atoms with Crippen molar-refractivity contribution >= 4 is 11.4 Å². The van der Waals surface area contributed by atoms with Crippen LogP contribution in [0.3, 0.4) is 0 Å². The molecule has 0 aliphatic rings. The number of ether oxygens (including phenoxy) is 1. The molecule has 23 heavy (non-hydrogen) atoms. The third-order valence-corrected chi connectivity index (χ3v) is 3.38. The molecule has 0 aliphatic heterocycles. The van der Waals surface area contributed by atoms with Gasteiger partial charge in [-0.1, -0.05) is 45.0 Å². The number of halogens is 3. The van der Waals surface area contributed by atoms with E-state index in [0.717, 1.165) is 0 Å². The Balaban J connectivity index is 2.11. The predicted molar refractivity (Wildman–Crippen MR) is 85.3 cm³/mol. The fraction of sp³-hybridized carbons (Fsp3) is 0.333. The Hall–Kier alpha value is -2.01. The standard InChI is InChI=1S/C18H20F3NO/c1-17(2,3)18(20,21)23-12-13-9-10-15(19)16(11-13)22-14-7-5-4-6-8-14/h4-11,22H,12H2,1-3H3. The predicted octanol–water partition coefficient (Wildman–Crippen LogP) is 5.72. The van der Waals surface area contributed by atoms with Crippen molar-refractivity contribution in [3.8, 4) is 0 Å². The number of anilines is 2. The second-order valence-corrected chi connectivity index (χ2v) is 6.36. The lowest BCUT2D eigenvalue weighted by molar-refractivity contribution is -0.300. The van der Waals surface area contributed by atoms with E-state index in [-0.39, 0.29) is 12.3 Å². The molecule has 2 nitrogen and oxygen atoms in total. The lowest BCUT2D eigenvalue weighted by atomic mass is 9.95. The zero-order valence-electron chi connectivity index (χ0n) is 13.4. The van der Waals surface area contributed by atoms with Gasteiger partial charge in [-0.3, -0.25) is 0 Å². The Bertz CT molecular complexity index is 651. The van der Waals surface area contributed by atoms with Crippen LogP contribution in [0.25, 0.3) is 0 Å². The quantitative estimate of drug-likeness (QED) is 0.759. The fourth-order valence-electron chi connectivity index (χ4n) is 1.83. The smallest absolute Gasteiger partial charge is 0.353 e. The van der Waals surface area contributed by atoms with Gasteiger partial charge in [0, 0.05) is 5.69 Å². The number of rotatable bonds is 5. The van der Waals surface area contributed by atoms with Gasteiger partial charge >= 0.3 is 6.11 Å². The summed E-state index contributed by atoms with van der Waals surface area (Å²) in [6, 6.07) is 13.2. The van der Waals surface area contributed by atoms with Gasteiger partial charge in [0.15, 0.2) is 0 Å². The third-order valence-electron chi connectivity index (χ3n) is 3.38. The second kappa shape index (κ2) is 6.62. The summed E-state index contributed by atoms with van der Waals surface area (Å²) in [6.45, 7) is 3.91. The zero-order valence-corrected chi connectivity index (χ0v) is 13.4. The van der Waals surface area contributed by atoms with Crippen molar-refractivity contribution in [2.45, 2.75) is 33.5 Å². The number of alkyl halides is 2. The molecule has 0 heterocycles. The van der Waals surface area contributed by atoms with E-state index in [1.54, 1.807) is 12.1 Å². The van der Waals surface area contributed by atoms with Gasteiger partial charge in [-0.25, -0.2) is 4.39 Å². The molecule has 0 saturated carbocycles. The first-order valence-electron chi connectivity index (χ1n) is 7.31. The van der Waals surface area contributed by atoms with Crippen molar-refractivity contribution in [1.29, 1.82) is 0 Å². The van der Waals surface area contributed by atoms with Gasteiger partial charge in [-0.2, -0.15) is 8.78 Å². The first-order chi connectivity index (χ1) is 10.7. The number of hydrogen-bond acceptors (Lipinski definition) is 2. The van der Waals surface area contributed by atoms with Crippen LogP contribution in [0.4, 0.5) is 24.5 Å². The highest BCUT2D eigenvalue weighted by Gasteiger charge is 2.44. The molecule has 2 rings (SSSR count). The van der Waals surface area contributed by atoms with Crippen LogP contribution in [-0.2, 0) is 11.3 Å². The normalized spacial score (nSPS) is 12.3. The number of para-hydroxylation sites is 1. The van der Waals surface area contributed by atoms with Crippen LogP contribution in [0.1, 0.15) is 26.3 Å². The highest BCUT2D eigenvalue weighted by molar-refractivity contribution is 5.60. The molecule has 0 bridgehead atoms. The second-order valence-electron chi connectivity index (χ2n) is 6.36. The summed E-state index contributed by atoms with van der Waals surface area (Å²) in [5, 5.41) is 2.92. The molecular weight excluding hydrogens is 303 g/mol. The van der Waals surface area contributed by atoms with Gasteiger partial charge in [0.25, 0.3) is 0 Å². The molecule has 0 fully saturated rings. The van der Waals surface area contributed by atoms with Crippen LogP contribution in [-0.4, -0.2) is 6.11 Å². The Morgan fingerprint density at radius 2 is 1.65 bits per heavy atom. The van der Waals surface area contributed by atoms with Crippen molar-refractivity contribution in [2.24, 2.45) is 5.41 Å². The van der Waals surface area contributed by atoms with Crippen LogP contribution < -0.4 is 5.32 Å². The maximum Gasteiger partial charge on any atom is 0.360 e. The van der Waals surface area contributed by atoms with E-state index in [1.807, 2.05) is 18.2 Å². The Morgan fingerprint density at radius 1 is 1.00 bits per heavy atom. The van der Waals surface area contributed by atoms with E-state index in [2.05, 4.69) is 5.32 Å². The minimum atomic E-state index is -3.27. The van der Waals surface area contributed by atoms with Crippen LogP contribution in [0.2, 0.25) is 0 Å². The maximum absolute atomic E-state index is 13.9. The number of hydrogen-bond donors (Lipinski definition) is 1. The van der Waals surface area contributed by atoms with Crippen molar-refractivity contribution in [3.63, 3.8) is 0 Å². The fourth-order valence-corrected chi connectivity index (χ4v) is 1.83. The largest absolute Gasteiger partial charge is 0.360 e. The van der Waals surface area contributed by atoms with Gasteiger partial charge in [-0.05, 0) is 29.8 Å². The average Bonchev–Trinajstić information content (AvgIpc) is 2.48. The summed E-state index contributed by atoms with van der Waals surface area (Å²) in [6.07, 6.45) is -3.27. The van der Waals surface area contributed by atoms with E-state index in [9.17, 15) is 13.2 Å². The van der Waals surface area contributed by atoms with Crippen molar-refractivity contribution < 1.29 is 17.9 Å². The minimum Gasteiger partial charge on any atom is -0.353 e. The summed E-state index contributed by atoms with van der Waals surface area (Å²) < 4.78 is 46.3. The van der Waals surface area contributed by atoms with E-state index in [1.165, 1.54) is 39.0 Å². The van der Waals surface area contributed by atoms with Gasteiger partial charge < -0.3 is 10.1 Å². The molecule has 0 amide bonds. The average molecular weight is 323 g/mol. The molecule has 1 N–H and O–H groups in total. The highest BCUT2D eigenvalue weighted by Crippen LogP contribution is 2.37. The molecule has 0 unspecified atom stereocenters. The molecule has 0 radical (unpaired) electrons. The summed E-state index contributed by atoms with van der Waals surface area (Å²) >= 11 is 0. The lowest BCUT2D eigenvalue weighted by Gasteiger charge is -2.29.